The molecule has 5 nitrogen and oxygen atoms in total. The second-order valence-electron chi connectivity index (χ2n) is 8.10. The minimum absolute atomic E-state index is 0.239. The zero-order valence-electron chi connectivity index (χ0n) is 16.2. The van der Waals surface area contributed by atoms with Gasteiger partial charge in [0.1, 0.15) is 0 Å². The lowest BCUT2D eigenvalue weighted by molar-refractivity contribution is 0.279. The standard InChI is InChI=1S/C23H28N4O/c28-12-6-11-26-20-9-4-5-10-21(20)27(16-17-7-2-1-3-8-17)22-13-18-15-24-25-19(18)14-23(22)26/h1-3,7-8,13-15,20-21,28H,4-6,9-12,16H2,(H,24,25)/t20-,21+/m1/s1. The molecule has 2 aliphatic rings. The summed E-state index contributed by atoms with van der Waals surface area (Å²) in [5.74, 6) is 0. The SMILES string of the molecule is OCCCN1c2cc3[nH]ncc3cc2N(Cc2ccccc2)[C@H]2CCCC[C@H]21. The Labute approximate surface area is 166 Å². The van der Waals surface area contributed by atoms with Crippen LogP contribution < -0.4 is 9.80 Å². The van der Waals surface area contributed by atoms with Gasteiger partial charge in [0.2, 0.25) is 0 Å². The first kappa shape index (κ1) is 17.6. The average molecular weight is 377 g/mol. The molecular formula is C23H28N4O. The van der Waals surface area contributed by atoms with Gasteiger partial charge in [0.25, 0.3) is 0 Å². The highest BCUT2D eigenvalue weighted by Crippen LogP contribution is 2.45. The molecule has 0 amide bonds. The maximum absolute atomic E-state index is 9.47. The van der Waals surface area contributed by atoms with Crippen LogP contribution in [0.3, 0.4) is 0 Å². The van der Waals surface area contributed by atoms with Gasteiger partial charge in [-0.25, -0.2) is 0 Å². The van der Waals surface area contributed by atoms with Crippen molar-refractivity contribution >= 4 is 22.3 Å². The summed E-state index contributed by atoms with van der Waals surface area (Å²) in [5.41, 5.74) is 5.03. The highest BCUT2D eigenvalue weighted by molar-refractivity contribution is 5.91. The van der Waals surface area contributed by atoms with E-state index in [1.165, 1.54) is 42.6 Å². The maximum Gasteiger partial charge on any atom is 0.0672 e. The number of fused-ring (bicyclic) bond motifs is 3. The topological polar surface area (TPSA) is 55.4 Å². The van der Waals surface area contributed by atoms with Crippen molar-refractivity contribution in [3.63, 3.8) is 0 Å². The van der Waals surface area contributed by atoms with Crippen LogP contribution in [0.1, 0.15) is 37.7 Å². The Bertz CT molecular complexity index is 938. The Morgan fingerprint density at radius 2 is 1.75 bits per heavy atom. The van der Waals surface area contributed by atoms with Crippen LogP contribution in [-0.4, -0.2) is 40.5 Å². The van der Waals surface area contributed by atoms with Crippen molar-refractivity contribution in [3.05, 3.63) is 54.2 Å². The maximum atomic E-state index is 9.47. The number of nitrogens with zero attached hydrogens (tertiary/aromatic N) is 3. The molecule has 2 aromatic carbocycles. The fourth-order valence-corrected chi connectivity index (χ4v) is 5.11. The lowest BCUT2D eigenvalue weighted by atomic mass is 9.84. The molecule has 0 saturated heterocycles. The van der Waals surface area contributed by atoms with Crippen LogP contribution in [0.15, 0.2) is 48.7 Å². The zero-order valence-corrected chi connectivity index (χ0v) is 16.2. The summed E-state index contributed by atoms with van der Waals surface area (Å²) in [4.78, 5) is 5.20. The van der Waals surface area contributed by atoms with Crippen LogP contribution >= 0.6 is 0 Å². The summed E-state index contributed by atoms with van der Waals surface area (Å²) in [6.45, 7) is 2.08. The molecule has 0 spiro atoms. The lowest BCUT2D eigenvalue weighted by Crippen LogP contribution is -2.57. The highest BCUT2D eigenvalue weighted by atomic mass is 16.3. The van der Waals surface area contributed by atoms with E-state index < -0.39 is 0 Å². The molecule has 2 atom stereocenters. The molecule has 3 aromatic rings. The van der Waals surface area contributed by atoms with E-state index in [9.17, 15) is 5.11 Å². The van der Waals surface area contributed by atoms with Gasteiger partial charge < -0.3 is 14.9 Å². The van der Waals surface area contributed by atoms with E-state index in [1.54, 1.807) is 0 Å². The molecule has 1 aliphatic carbocycles. The van der Waals surface area contributed by atoms with Crippen LogP contribution in [0, 0.1) is 0 Å². The van der Waals surface area contributed by atoms with Crippen LogP contribution in [0.4, 0.5) is 11.4 Å². The van der Waals surface area contributed by atoms with Crippen molar-refractivity contribution in [3.8, 4) is 0 Å². The molecule has 1 saturated carbocycles. The zero-order chi connectivity index (χ0) is 18.9. The van der Waals surface area contributed by atoms with Crippen molar-refractivity contribution in [1.82, 2.24) is 10.2 Å². The number of aliphatic hydroxyl groups is 1. The third kappa shape index (κ3) is 3.04. The van der Waals surface area contributed by atoms with Crippen molar-refractivity contribution in [2.24, 2.45) is 0 Å². The van der Waals surface area contributed by atoms with Gasteiger partial charge in [-0.3, -0.25) is 5.10 Å². The van der Waals surface area contributed by atoms with Crippen LogP contribution in [0.25, 0.3) is 10.9 Å². The van der Waals surface area contributed by atoms with E-state index >= 15 is 0 Å². The summed E-state index contributed by atoms with van der Waals surface area (Å²) in [6.07, 6.45) is 7.77. The molecular weight excluding hydrogens is 348 g/mol. The van der Waals surface area contributed by atoms with Gasteiger partial charge in [-0.2, -0.15) is 5.10 Å². The number of nitrogens with one attached hydrogen (secondary N) is 1. The van der Waals surface area contributed by atoms with E-state index in [2.05, 4.69) is 62.5 Å². The average Bonchev–Trinajstić information content (AvgIpc) is 3.20. The van der Waals surface area contributed by atoms with Gasteiger partial charge >= 0.3 is 0 Å². The molecule has 1 aromatic heterocycles. The predicted molar refractivity (Wildman–Crippen MR) is 114 cm³/mol. The van der Waals surface area contributed by atoms with E-state index in [1.807, 2.05) is 6.20 Å². The monoisotopic (exact) mass is 376 g/mol. The Morgan fingerprint density at radius 1 is 1.00 bits per heavy atom. The summed E-state index contributed by atoms with van der Waals surface area (Å²) in [7, 11) is 0. The fraction of sp³-hybridized carbons (Fsp3) is 0.435. The molecule has 0 unspecified atom stereocenters. The Hall–Kier alpha value is -2.53. The molecule has 1 fully saturated rings. The van der Waals surface area contributed by atoms with Gasteiger partial charge in [0.15, 0.2) is 0 Å². The minimum atomic E-state index is 0.239. The number of aromatic amines is 1. The van der Waals surface area contributed by atoms with E-state index in [-0.39, 0.29) is 6.61 Å². The van der Waals surface area contributed by atoms with Gasteiger partial charge in [-0.1, -0.05) is 43.2 Å². The largest absolute Gasteiger partial charge is 0.396 e. The fourth-order valence-electron chi connectivity index (χ4n) is 5.11. The molecule has 146 valence electrons. The predicted octanol–water partition coefficient (Wildman–Crippen LogP) is 4.08. The van der Waals surface area contributed by atoms with Crippen molar-refractivity contribution in [1.29, 1.82) is 0 Å². The Kier molecular flexibility index (Phi) is 4.69. The molecule has 2 N–H and O–H groups in total. The smallest absolute Gasteiger partial charge is 0.0672 e. The van der Waals surface area contributed by atoms with Crippen LogP contribution in [-0.2, 0) is 6.54 Å². The number of rotatable bonds is 5. The highest BCUT2D eigenvalue weighted by Gasteiger charge is 2.40. The van der Waals surface area contributed by atoms with E-state index in [0.717, 1.165) is 30.4 Å². The summed E-state index contributed by atoms with van der Waals surface area (Å²) in [6, 6.07) is 16.4. The Balaban J connectivity index is 1.62. The normalized spacial score (nSPS) is 21.6. The number of anilines is 2. The third-order valence-corrected chi connectivity index (χ3v) is 6.40. The molecule has 2 heterocycles. The number of H-pyrrole nitrogens is 1. The minimum Gasteiger partial charge on any atom is -0.396 e. The van der Waals surface area contributed by atoms with Crippen molar-refractivity contribution in [2.75, 3.05) is 23.0 Å². The number of aromatic nitrogens is 2. The first-order valence-electron chi connectivity index (χ1n) is 10.5. The number of benzene rings is 2. The van der Waals surface area contributed by atoms with Crippen LogP contribution in [0.2, 0.25) is 0 Å². The molecule has 5 rings (SSSR count). The number of aliphatic hydroxyl groups excluding tert-OH is 1. The molecule has 0 bridgehead atoms. The second-order valence-corrected chi connectivity index (χ2v) is 8.10. The van der Waals surface area contributed by atoms with Gasteiger partial charge in [0, 0.05) is 37.2 Å². The second kappa shape index (κ2) is 7.47. The third-order valence-electron chi connectivity index (χ3n) is 6.40. The van der Waals surface area contributed by atoms with E-state index in [0.29, 0.717) is 12.1 Å². The summed E-state index contributed by atoms with van der Waals surface area (Å²) >= 11 is 0. The first-order chi connectivity index (χ1) is 13.8. The van der Waals surface area contributed by atoms with Gasteiger partial charge in [-0.15, -0.1) is 0 Å². The van der Waals surface area contributed by atoms with Crippen molar-refractivity contribution in [2.45, 2.75) is 50.7 Å². The first-order valence-corrected chi connectivity index (χ1v) is 10.5. The summed E-state index contributed by atoms with van der Waals surface area (Å²) in [5, 5.41) is 18.0. The molecule has 0 radical (unpaired) electrons. The quantitative estimate of drug-likeness (QED) is 0.704. The van der Waals surface area contributed by atoms with Gasteiger partial charge in [0.05, 0.1) is 23.1 Å². The van der Waals surface area contributed by atoms with Crippen molar-refractivity contribution < 1.29 is 5.11 Å². The summed E-state index contributed by atoms with van der Waals surface area (Å²) < 4.78 is 0. The molecule has 5 heteroatoms. The van der Waals surface area contributed by atoms with Gasteiger partial charge in [-0.05, 0) is 37.0 Å². The van der Waals surface area contributed by atoms with E-state index in [4.69, 9.17) is 0 Å². The van der Waals surface area contributed by atoms with Crippen LogP contribution in [0.5, 0.6) is 0 Å². The molecule has 1 aliphatic heterocycles. The number of hydrogen-bond donors (Lipinski definition) is 2. The lowest BCUT2D eigenvalue weighted by Gasteiger charge is -2.52. The molecule has 28 heavy (non-hydrogen) atoms. The Morgan fingerprint density at radius 3 is 2.54 bits per heavy atom. The number of hydrogen-bond acceptors (Lipinski definition) is 4.